The fourth-order valence-electron chi connectivity index (χ4n) is 2.65. The SMILES string of the molecule is CCC(C)(C(N)C(C)(C)C)N1CCOCC1. The standard InChI is InChI=1S/C13H28N2O/c1-6-13(5,11(14)12(2,3)4)15-7-9-16-10-8-15/h11H,6-10,14H2,1-5H3. The summed E-state index contributed by atoms with van der Waals surface area (Å²) < 4.78 is 5.42. The first kappa shape index (κ1) is 13.9. The van der Waals surface area contributed by atoms with Crippen molar-refractivity contribution in [2.75, 3.05) is 26.3 Å². The first-order valence-corrected chi connectivity index (χ1v) is 6.40. The molecule has 96 valence electrons. The fourth-order valence-corrected chi connectivity index (χ4v) is 2.65. The fraction of sp³-hybridized carbons (Fsp3) is 1.00. The monoisotopic (exact) mass is 228 g/mol. The van der Waals surface area contributed by atoms with Gasteiger partial charge in [-0.3, -0.25) is 4.90 Å². The van der Waals surface area contributed by atoms with Crippen LogP contribution in [0.15, 0.2) is 0 Å². The molecule has 0 aromatic carbocycles. The van der Waals surface area contributed by atoms with E-state index in [0.717, 1.165) is 32.7 Å². The van der Waals surface area contributed by atoms with Gasteiger partial charge in [-0.25, -0.2) is 0 Å². The van der Waals surface area contributed by atoms with Gasteiger partial charge < -0.3 is 10.5 Å². The summed E-state index contributed by atoms with van der Waals surface area (Å²) in [5, 5.41) is 0. The number of nitrogens with zero attached hydrogens (tertiary/aromatic N) is 1. The number of hydrogen-bond donors (Lipinski definition) is 1. The van der Waals surface area contributed by atoms with Crippen LogP contribution in [0.4, 0.5) is 0 Å². The van der Waals surface area contributed by atoms with Gasteiger partial charge in [-0.1, -0.05) is 27.7 Å². The molecule has 0 aromatic rings. The van der Waals surface area contributed by atoms with E-state index in [1.807, 2.05) is 0 Å². The van der Waals surface area contributed by atoms with Crippen molar-refractivity contribution in [3.63, 3.8) is 0 Å². The number of ether oxygens (including phenoxy) is 1. The Labute approximate surface area is 100 Å². The molecule has 2 unspecified atom stereocenters. The second kappa shape index (κ2) is 5.03. The minimum Gasteiger partial charge on any atom is -0.379 e. The van der Waals surface area contributed by atoms with Crippen LogP contribution >= 0.6 is 0 Å². The predicted octanol–water partition coefficient (Wildman–Crippen LogP) is 1.86. The van der Waals surface area contributed by atoms with Crippen molar-refractivity contribution in [1.29, 1.82) is 0 Å². The van der Waals surface area contributed by atoms with Gasteiger partial charge in [-0.2, -0.15) is 0 Å². The highest BCUT2D eigenvalue weighted by molar-refractivity contribution is 5.00. The van der Waals surface area contributed by atoms with Crippen molar-refractivity contribution in [1.82, 2.24) is 4.90 Å². The highest BCUT2D eigenvalue weighted by Gasteiger charge is 2.42. The Hall–Kier alpha value is -0.120. The van der Waals surface area contributed by atoms with Crippen LogP contribution < -0.4 is 5.73 Å². The first-order valence-electron chi connectivity index (χ1n) is 6.40. The lowest BCUT2D eigenvalue weighted by molar-refractivity contribution is -0.0416. The number of morpholine rings is 1. The van der Waals surface area contributed by atoms with Gasteiger partial charge in [-0.05, 0) is 18.8 Å². The third-order valence-corrected chi connectivity index (χ3v) is 4.05. The van der Waals surface area contributed by atoms with E-state index in [-0.39, 0.29) is 17.0 Å². The molecule has 1 rings (SSSR count). The lowest BCUT2D eigenvalue weighted by atomic mass is 9.73. The van der Waals surface area contributed by atoms with Crippen molar-refractivity contribution in [3.05, 3.63) is 0 Å². The van der Waals surface area contributed by atoms with Gasteiger partial charge in [0, 0.05) is 24.7 Å². The maximum atomic E-state index is 6.49. The topological polar surface area (TPSA) is 38.5 Å². The van der Waals surface area contributed by atoms with E-state index in [4.69, 9.17) is 10.5 Å². The smallest absolute Gasteiger partial charge is 0.0594 e. The minimum absolute atomic E-state index is 0.0853. The van der Waals surface area contributed by atoms with Gasteiger partial charge in [0.05, 0.1) is 13.2 Å². The molecule has 0 radical (unpaired) electrons. The quantitative estimate of drug-likeness (QED) is 0.801. The summed E-state index contributed by atoms with van der Waals surface area (Å²) in [6.07, 6.45) is 1.09. The van der Waals surface area contributed by atoms with E-state index in [0.29, 0.717) is 0 Å². The number of hydrogen-bond acceptors (Lipinski definition) is 3. The van der Waals surface area contributed by atoms with Crippen LogP contribution in [0.5, 0.6) is 0 Å². The van der Waals surface area contributed by atoms with E-state index in [1.165, 1.54) is 0 Å². The summed E-state index contributed by atoms with van der Waals surface area (Å²) in [6.45, 7) is 14.9. The van der Waals surface area contributed by atoms with E-state index < -0.39 is 0 Å². The van der Waals surface area contributed by atoms with Gasteiger partial charge in [0.15, 0.2) is 0 Å². The second-order valence-electron chi connectivity index (χ2n) is 6.15. The third-order valence-electron chi connectivity index (χ3n) is 4.05. The Kier molecular flexibility index (Phi) is 4.38. The van der Waals surface area contributed by atoms with Crippen molar-refractivity contribution in [3.8, 4) is 0 Å². The van der Waals surface area contributed by atoms with Crippen LogP contribution in [0.1, 0.15) is 41.0 Å². The molecule has 0 aliphatic carbocycles. The third kappa shape index (κ3) is 2.76. The van der Waals surface area contributed by atoms with Gasteiger partial charge >= 0.3 is 0 Å². The van der Waals surface area contributed by atoms with Gasteiger partial charge in [-0.15, -0.1) is 0 Å². The molecule has 1 aliphatic heterocycles. The lowest BCUT2D eigenvalue weighted by Gasteiger charge is -2.50. The normalized spacial score (nSPS) is 25.1. The Bertz CT molecular complexity index is 218. The zero-order valence-electron chi connectivity index (χ0n) is 11.5. The summed E-state index contributed by atoms with van der Waals surface area (Å²) in [6, 6.07) is 0.183. The molecule has 0 aromatic heterocycles. The number of rotatable bonds is 3. The largest absolute Gasteiger partial charge is 0.379 e. The van der Waals surface area contributed by atoms with Crippen LogP contribution in [0.3, 0.4) is 0 Å². The Morgan fingerprint density at radius 1 is 1.19 bits per heavy atom. The van der Waals surface area contributed by atoms with Gasteiger partial charge in [0.25, 0.3) is 0 Å². The summed E-state index contributed by atoms with van der Waals surface area (Å²) in [5.41, 5.74) is 6.72. The molecule has 1 heterocycles. The average Bonchev–Trinajstić information content (AvgIpc) is 2.27. The Morgan fingerprint density at radius 2 is 1.69 bits per heavy atom. The van der Waals surface area contributed by atoms with Crippen LogP contribution in [-0.2, 0) is 4.74 Å². The molecule has 0 saturated carbocycles. The molecular weight excluding hydrogens is 200 g/mol. The van der Waals surface area contributed by atoms with E-state index in [1.54, 1.807) is 0 Å². The first-order chi connectivity index (χ1) is 7.32. The van der Waals surface area contributed by atoms with Gasteiger partial charge in [0.1, 0.15) is 0 Å². The van der Waals surface area contributed by atoms with Gasteiger partial charge in [0.2, 0.25) is 0 Å². The van der Waals surface area contributed by atoms with E-state index >= 15 is 0 Å². The Balaban J connectivity index is 2.82. The molecule has 3 heteroatoms. The summed E-state index contributed by atoms with van der Waals surface area (Å²) in [7, 11) is 0. The van der Waals surface area contributed by atoms with Crippen LogP contribution in [0, 0.1) is 5.41 Å². The number of nitrogens with two attached hydrogens (primary N) is 1. The summed E-state index contributed by atoms with van der Waals surface area (Å²) in [5.74, 6) is 0. The van der Waals surface area contributed by atoms with Crippen molar-refractivity contribution >= 4 is 0 Å². The molecule has 0 bridgehead atoms. The molecule has 2 N–H and O–H groups in total. The van der Waals surface area contributed by atoms with Crippen molar-refractivity contribution in [2.45, 2.75) is 52.6 Å². The molecule has 0 amide bonds. The predicted molar refractivity (Wildman–Crippen MR) is 68.5 cm³/mol. The molecule has 0 spiro atoms. The molecule has 1 saturated heterocycles. The van der Waals surface area contributed by atoms with E-state index in [9.17, 15) is 0 Å². The maximum Gasteiger partial charge on any atom is 0.0594 e. The zero-order chi connectivity index (χ0) is 12.4. The summed E-state index contributed by atoms with van der Waals surface area (Å²) in [4.78, 5) is 2.51. The van der Waals surface area contributed by atoms with E-state index in [2.05, 4.69) is 39.5 Å². The van der Waals surface area contributed by atoms with Crippen LogP contribution in [-0.4, -0.2) is 42.8 Å². The zero-order valence-corrected chi connectivity index (χ0v) is 11.5. The molecule has 1 aliphatic rings. The average molecular weight is 228 g/mol. The maximum absolute atomic E-state index is 6.49. The summed E-state index contributed by atoms with van der Waals surface area (Å²) >= 11 is 0. The van der Waals surface area contributed by atoms with Crippen molar-refractivity contribution < 1.29 is 4.74 Å². The molecule has 2 atom stereocenters. The van der Waals surface area contributed by atoms with Crippen LogP contribution in [0.25, 0.3) is 0 Å². The highest BCUT2D eigenvalue weighted by Crippen LogP contribution is 2.33. The van der Waals surface area contributed by atoms with Crippen molar-refractivity contribution in [2.24, 2.45) is 11.1 Å². The lowest BCUT2D eigenvalue weighted by Crippen LogP contribution is -2.64. The molecule has 3 nitrogen and oxygen atoms in total. The molecule has 16 heavy (non-hydrogen) atoms. The second-order valence-corrected chi connectivity index (χ2v) is 6.15. The Morgan fingerprint density at radius 3 is 2.06 bits per heavy atom. The highest BCUT2D eigenvalue weighted by atomic mass is 16.5. The van der Waals surface area contributed by atoms with Crippen LogP contribution in [0.2, 0.25) is 0 Å². The molecule has 1 fully saturated rings. The minimum atomic E-state index is 0.0853. The molecular formula is C13H28N2O.